The summed E-state index contributed by atoms with van der Waals surface area (Å²) in [6.07, 6.45) is -9.56. The van der Waals surface area contributed by atoms with Crippen LogP contribution in [0.1, 0.15) is 103 Å². The van der Waals surface area contributed by atoms with Gasteiger partial charge in [-0.25, -0.2) is 14.4 Å². The summed E-state index contributed by atoms with van der Waals surface area (Å²) in [5, 5.41) is 28.9. The fraction of sp³-hybridized carbons (Fsp3) is 0.411. The maximum absolute atomic E-state index is 16.5. The summed E-state index contributed by atoms with van der Waals surface area (Å²) in [4.78, 5) is 101. The lowest BCUT2D eigenvalue weighted by molar-refractivity contribution is -0.346. The van der Waals surface area contributed by atoms with Gasteiger partial charge in [0.05, 0.1) is 41.0 Å². The zero-order chi connectivity index (χ0) is 51.3. The van der Waals surface area contributed by atoms with Gasteiger partial charge in [-0.15, -0.1) is 0 Å². The van der Waals surface area contributed by atoms with E-state index in [9.17, 15) is 39.0 Å². The van der Waals surface area contributed by atoms with E-state index in [4.69, 9.17) is 28.4 Å². The molecule has 1 heterocycles. The Morgan fingerprint density at radius 2 is 1.28 bits per heavy atom. The summed E-state index contributed by atoms with van der Waals surface area (Å²) in [7, 11) is 0. The summed E-state index contributed by atoms with van der Waals surface area (Å²) < 4.78 is 37.9. The molecule has 4 fully saturated rings. The van der Waals surface area contributed by atoms with Gasteiger partial charge < -0.3 is 44.0 Å². The van der Waals surface area contributed by atoms with Crippen LogP contribution in [0.5, 0.6) is 0 Å². The second-order valence-electron chi connectivity index (χ2n) is 20.2. The van der Waals surface area contributed by atoms with E-state index < -0.39 is 124 Å². The van der Waals surface area contributed by atoms with Crippen molar-refractivity contribution in [3.63, 3.8) is 0 Å². The number of hydrogen-bond donors (Lipinski definition) is 3. The van der Waals surface area contributed by atoms with E-state index in [1.807, 2.05) is 0 Å². The lowest BCUT2D eigenvalue weighted by Gasteiger charge is -2.67. The van der Waals surface area contributed by atoms with Gasteiger partial charge >= 0.3 is 29.8 Å². The third-order valence-electron chi connectivity index (χ3n) is 15.6. The normalized spacial score (nSPS) is 30.0. The summed E-state index contributed by atoms with van der Waals surface area (Å²) in [5.41, 5.74) is -7.34. The van der Waals surface area contributed by atoms with Crippen LogP contribution >= 0.6 is 0 Å². The van der Waals surface area contributed by atoms with E-state index in [1.165, 1.54) is 38.1 Å². The zero-order valence-electron chi connectivity index (χ0n) is 40.5. The Hall–Kier alpha value is -7.01. The van der Waals surface area contributed by atoms with Crippen LogP contribution in [0, 0.1) is 22.7 Å². The molecule has 1 aliphatic heterocycles. The van der Waals surface area contributed by atoms with E-state index in [0.717, 1.165) is 6.92 Å². The number of ketones is 1. The van der Waals surface area contributed by atoms with Crippen LogP contribution in [0.4, 0.5) is 0 Å². The maximum Gasteiger partial charge on any atom is 0.339 e. The van der Waals surface area contributed by atoms with Crippen molar-refractivity contribution >= 4 is 41.5 Å². The van der Waals surface area contributed by atoms with Crippen molar-refractivity contribution in [2.75, 3.05) is 6.61 Å². The van der Waals surface area contributed by atoms with Gasteiger partial charge in [0.1, 0.15) is 30.0 Å². The second kappa shape index (κ2) is 19.2. The number of esters is 5. The highest BCUT2D eigenvalue weighted by atomic mass is 16.6. The van der Waals surface area contributed by atoms with Gasteiger partial charge in [0.25, 0.3) is 5.91 Å². The van der Waals surface area contributed by atoms with E-state index in [-0.39, 0.29) is 40.9 Å². The highest BCUT2D eigenvalue weighted by molar-refractivity contribution is 5.99. The van der Waals surface area contributed by atoms with Crippen LogP contribution in [-0.2, 0) is 47.6 Å². The Kier molecular flexibility index (Phi) is 13.3. The standard InChI is InChI=1S/C56H57NO15/c1-31-38(68-52(65)43(59)42(33-18-10-6-11-19-33)57-48(61)34-20-12-7-13-21-34)29-56(66)47(71-51(64)36-24-16-9-17-25-36)45-54(5,39(69-49(62)37-26-27-37)28-40-55(45,30-67-40)72-32(2)58)46(60)44(41(31)53(56,3)4)70-50(63)35-22-14-8-15-23-35/h6-25,37-40,42-45,47,59,66H,26-30H2,1-5H3,(H,57,61)/t38-,39-,40+,42-,43+,44+,45-,47-,54+,55-,56+/m0/s1. The van der Waals surface area contributed by atoms with Crippen LogP contribution in [0.3, 0.4) is 0 Å². The van der Waals surface area contributed by atoms with Gasteiger partial charge in [0.2, 0.25) is 0 Å². The van der Waals surface area contributed by atoms with Crippen LogP contribution in [0.15, 0.2) is 132 Å². The quantitative estimate of drug-likeness (QED) is 0.0794. The number of nitrogens with one attached hydrogen (secondary N) is 1. The Morgan fingerprint density at radius 3 is 1.81 bits per heavy atom. The summed E-state index contributed by atoms with van der Waals surface area (Å²) >= 11 is 0. The number of amides is 1. The minimum Gasteiger partial charge on any atom is -0.461 e. The molecule has 0 radical (unpaired) electrons. The van der Waals surface area contributed by atoms with Crippen molar-refractivity contribution in [1.82, 2.24) is 5.32 Å². The first kappa shape index (κ1) is 50.0. The number of carbonyl (C=O) groups is 7. The van der Waals surface area contributed by atoms with Crippen molar-refractivity contribution in [3.05, 3.63) is 155 Å². The molecule has 4 aromatic carbocycles. The van der Waals surface area contributed by atoms with Crippen molar-refractivity contribution < 1.29 is 72.2 Å². The lowest BCUT2D eigenvalue weighted by Crippen LogP contribution is -2.82. The molecule has 376 valence electrons. The molecule has 9 rings (SSSR count). The minimum absolute atomic E-state index is 0.0314. The highest BCUT2D eigenvalue weighted by Crippen LogP contribution is 2.65. The van der Waals surface area contributed by atoms with E-state index in [2.05, 4.69) is 5.32 Å². The number of aliphatic hydroxyl groups excluding tert-OH is 1. The third-order valence-corrected chi connectivity index (χ3v) is 15.6. The first-order chi connectivity index (χ1) is 34.3. The van der Waals surface area contributed by atoms with E-state index in [0.29, 0.717) is 18.4 Å². The largest absolute Gasteiger partial charge is 0.461 e. The average Bonchev–Trinajstić information content (AvgIpc) is 4.23. The molecule has 4 aliphatic carbocycles. The van der Waals surface area contributed by atoms with E-state index >= 15 is 4.79 Å². The summed E-state index contributed by atoms with van der Waals surface area (Å²) in [5.74, 6) is -8.07. The second-order valence-corrected chi connectivity index (χ2v) is 20.2. The molecule has 5 aliphatic rings. The lowest BCUT2D eigenvalue weighted by atomic mass is 9.44. The number of fused-ring (bicyclic) bond motifs is 5. The third kappa shape index (κ3) is 8.68. The predicted octanol–water partition coefficient (Wildman–Crippen LogP) is 5.99. The van der Waals surface area contributed by atoms with Crippen LogP contribution in [0.2, 0.25) is 0 Å². The topological polar surface area (TPSA) is 227 Å². The molecule has 4 aromatic rings. The van der Waals surface area contributed by atoms with Crippen molar-refractivity contribution in [2.45, 2.75) is 114 Å². The number of ether oxygens (including phenoxy) is 6. The first-order valence-corrected chi connectivity index (χ1v) is 24.1. The smallest absolute Gasteiger partial charge is 0.339 e. The fourth-order valence-corrected chi connectivity index (χ4v) is 11.5. The van der Waals surface area contributed by atoms with Gasteiger partial charge in [0.15, 0.2) is 23.6 Å². The van der Waals surface area contributed by atoms with Crippen molar-refractivity contribution in [1.29, 1.82) is 0 Å². The Balaban J connectivity index is 1.23. The highest BCUT2D eigenvalue weighted by Gasteiger charge is 2.79. The number of rotatable bonds is 13. The number of Topliss-reactive ketones (excluding diaryl/α,β-unsaturated/α-hetero) is 1. The molecule has 11 atom stereocenters. The number of carbonyl (C=O) groups excluding carboxylic acids is 7. The van der Waals surface area contributed by atoms with Crippen molar-refractivity contribution in [3.8, 4) is 0 Å². The number of hydrogen-bond acceptors (Lipinski definition) is 15. The van der Waals surface area contributed by atoms with Gasteiger partial charge in [0, 0.05) is 30.7 Å². The molecular formula is C56H57NO15. The molecule has 0 aromatic heterocycles. The van der Waals surface area contributed by atoms with Crippen LogP contribution in [-0.4, -0.2) is 106 Å². The van der Waals surface area contributed by atoms with Gasteiger partial charge in [-0.05, 0) is 79.8 Å². The minimum atomic E-state index is -2.47. The Morgan fingerprint density at radius 1 is 0.736 bits per heavy atom. The average molecular weight is 984 g/mol. The molecule has 1 amide bonds. The maximum atomic E-state index is 16.5. The molecule has 3 saturated carbocycles. The molecule has 0 unspecified atom stereocenters. The molecule has 0 spiro atoms. The van der Waals surface area contributed by atoms with Gasteiger partial charge in [-0.3, -0.25) is 19.2 Å². The Bertz CT molecular complexity index is 2800. The molecule has 1 saturated heterocycles. The molecule has 72 heavy (non-hydrogen) atoms. The fourth-order valence-electron chi connectivity index (χ4n) is 11.5. The SMILES string of the molecule is CC(=O)O[C@@]12CO[C@@H]1C[C@H](OC(=O)C1CC1)[C@@]1(C)C(=O)[C@H](OC(=O)c3ccccc3)C3=C(C)[C@@H](OC(=O)[C@H](O)[C@@H](NC(=O)c4ccccc4)c4ccccc4)C[C@@](O)([C@@H](OC(=O)c4ccccc4)[C@H]21)C3(C)C. The molecular weight excluding hydrogens is 927 g/mol. The first-order valence-electron chi connectivity index (χ1n) is 24.1. The van der Waals surface area contributed by atoms with Gasteiger partial charge in [-0.2, -0.15) is 0 Å². The Labute approximate surface area is 416 Å². The molecule has 3 N–H and O–H groups in total. The monoisotopic (exact) mass is 983 g/mol. The molecule has 16 heteroatoms. The zero-order valence-corrected chi connectivity index (χ0v) is 40.5. The van der Waals surface area contributed by atoms with Gasteiger partial charge in [-0.1, -0.05) is 98.8 Å². The number of benzene rings is 4. The molecule has 2 bridgehead atoms. The molecule has 16 nitrogen and oxygen atoms in total. The van der Waals surface area contributed by atoms with E-state index in [1.54, 1.807) is 111 Å². The summed E-state index contributed by atoms with van der Waals surface area (Å²) in [6.45, 7) is 6.99. The van der Waals surface area contributed by atoms with Crippen LogP contribution < -0.4 is 5.32 Å². The summed E-state index contributed by atoms with van der Waals surface area (Å²) in [6, 6.07) is 30.8. The van der Waals surface area contributed by atoms with Crippen molar-refractivity contribution in [2.24, 2.45) is 22.7 Å². The number of aliphatic hydroxyl groups is 2. The predicted molar refractivity (Wildman–Crippen MR) is 254 cm³/mol. The van der Waals surface area contributed by atoms with Crippen LogP contribution in [0.25, 0.3) is 0 Å².